The van der Waals surface area contributed by atoms with Gasteiger partial charge in [-0.25, -0.2) is 13.1 Å². The molecule has 0 aliphatic carbocycles. The lowest BCUT2D eigenvalue weighted by Gasteiger charge is -2.16. The third-order valence-electron chi connectivity index (χ3n) is 5.36. The fourth-order valence-electron chi connectivity index (χ4n) is 3.36. The SMILES string of the molecule is CCCCCCCCCCCCCCCCSCC(CNS(=O)(=O)CCCCl)OC. The van der Waals surface area contributed by atoms with E-state index in [1.807, 2.05) is 11.8 Å². The largest absolute Gasteiger partial charge is 0.379 e. The summed E-state index contributed by atoms with van der Waals surface area (Å²) in [5.74, 6) is 2.40. The number of sulfonamides is 1. The molecule has 0 aromatic rings. The fraction of sp³-hybridized carbons (Fsp3) is 1.00. The van der Waals surface area contributed by atoms with Crippen LogP contribution in [0.4, 0.5) is 0 Å². The molecule has 0 spiro atoms. The zero-order valence-electron chi connectivity index (χ0n) is 19.6. The Bertz CT molecular complexity index is 450. The number of nitrogens with one attached hydrogen (secondary N) is 1. The van der Waals surface area contributed by atoms with E-state index < -0.39 is 10.0 Å². The molecule has 0 saturated heterocycles. The molecule has 30 heavy (non-hydrogen) atoms. The highest BCUT2D eigenvalue weighted by Crippen LogP contribution is 2.14. The van der Waals surface area contributed by atoms with Gasteiger partial charge in [0.05, 0.1) is 11.9 Å². The summed E-state index contributed by atoms with van der Waals surface area (Å²) < 4.78 is 31.6. The molecule has 0 aliphatic rings. The molecule has 4 nitrogen and oxygen atoms in total. The number of rotatable bonds is 24. The second-order valence-electron chi connectivity index (χ2n) is 8.24. The topological polar surface area (TPSA) is 55.4 Å². The van der Waals surface area contributed by atoms with Crippen LogP contribution in [0.3, 0.4) is 0 Å². The highest BCUT2D eigenvalue weighted by atomic mass is 35.5. The average Bonchev–Trinajstić information content (AvgIpc) is 2.74. The van der Waals surface area contributed by atoms with Gasteiger partial charge in [0.15, 0.2) is 0 Å². The van der Waals surface area contributed by atoms with Crippen LogP contribution in [0.25, 0.3) is 0 Å². The maximum Gasteiger partial charge on any atom is 0.211 e. The maximum atomic E-state index is 11.8. The third kappa shape index (κ3) is 21.7. The Morgan fingerprint density at radius 1 is 0.833 bits per heavy atom. The molecule has 1 atom stereocenters. The lowest BCUT2D eigenvalue weighted by Crippen LogP contribution is -2.36. The number of halogens is 1. The van der Waals surface area contributed by atoms with Crippen molar-refractivity contribution in [2.45, 2.75) is 109 Å². The van der Waals surface area contributed by atoms with Crippen LogP contribution in [0.5, 0.6) is 0 Å². The second kappa shape index (κ2) is 22.7. The normalized spacial score (nSPS) is 13.0. The highest BCUT2D eigenvalue weighted by Gasteiger charge is 2.14. The molecule has 182 valence electrons. The molecule has 1 unspecified atom stereocenters. The standard InChI is InChI=1S/C23H48ClNO3S2/c1-3-4-5-6-7-8-9-10-11-12-13-14-15-16-19-29-22-23(28-2)21-25-30(26,27)20-17-18-24/h23,25H,3-22H2,1-2H3. The van der Waals surface area contributed by atoms with Crippen molar-refractivity contribution in [3.8, 4) is 0 Å². The Hall–Kier alpha value is 0.510. The monoisotopic (exact) mass is 485 g/mol. The number of hydrogen-bond donors (Lipinski definition) is 1. The van der Waals surface area contributed by atoms with Crippen molar-refractivity contribution in [2.75, 3.05) is 36.8 Å². The van der Waals surface area contributed by atoms with Gasteiger partial charge >= 0.3 is 0 Å². The lowest BCUT2D eigenvalue weighted by atomic mass is 10.0. The van der Waals surface area contributed by atoms with Gasteiger partial charge in [-0.2, -0.15) is 11.8 Å². The van der Waals surface area contributed by atoms with Gasteiger partial charge in [0.25, 0.3) is 0 Å². The summed E-state index contributed by atoms with van der Waals surface area (Å²) in [5.41, 5.74) is 0. The Balaban J connectivity index is 3.41. The zero-order valence-corrected chi connectivity index (χ0v) is 22.0. The van der Waals surface area contributed by atoms with Crippen LogP contribution in [-0.4, -0.2) is 51.3 Å². The van der Waals surface area contributed by atoms with E-state index >= 15 is 0 Å². The minimum atomic E-state index is -3.23. The van der Waals surface area contributed by atoms with Crippen LogP contribution >= 0.6 is 23.4 Å². The van der Waals surface area contributed by atoms with E-state index in [9.17, 15) is 8.42 Å². The molecule has 0 saturated carbocycles. The van der Waals surface area contributed by atoms with Crippen molar-refractivity contribution in [1.82, 2.24) is 4.72 Å². The third-order valence-corrected chi connectivity index (χ3v) is 8.24. The number of methoxy groups -OCH3 is 1. The summed E-state index contributed by atoms with van der Waals surface area (Å²) >= 11 is 7.42. The minimum Gasteiger partial charge on any atom is -0.379 e. The molecule has 0 aliphatic heterocycles. The quantitative estimate of drug-likeness (QED) is 0.121. The number of hydrogen-bond acceptors (Lipinski definition) is 4. The average molecular weight is 486 g/mol. The predicted molar refractivity (Wildman–Crippen MR) is 136 cm³/mol. The van der Waals surface area contributed by atoms with Gasteiger partial charge in [0.2, 0.25) is 10.0 Å². The smallest absolute Gasteiger partial charge is 0.211 e. The van der Waals surface area contributed by atoms with Crippen LogP contribution in [0.2, 0.25) is 0 Å². The molecule has 0 aromatic carbocycles. The van der Waals surface area contributed by atoms with Gasteiger partial charge in [0, 0.05) is 25.3 Å². The van der Waals surface area contributed by atoms with Gasteiger partial charge in [-0.15, -0.1) is 11.6 Å². The van der Waals surface area contributed by atoms with E-state index in [2.05, 4.69) is 11.6 Å². The molecular formula is C23H48ClNO3S2. The van der Waals surface area contributed by atoms with Gasteiger partial charge < -0.3 is 4.74 Å². The lowest BCUT2D eigenvalue weighted by molar-refractivity contribution is 0.126. The van der Waals surface area contributed by atoms with Crippen LogP contribution in [0, 0.1) is 0 Å². The number of alkyl halides is 1. The molecule has 0 aromatic heterocycles. The molecular weight excluding hydrogens is 438 g/mol. The molecule has 0 amide bonds. The number of thioether (sulfide) groups is 1. The summed E-state index contributed by atoms with van der Waals surface area (Å²) in [5, 5.41) is 0. The van der Waals surface area contributed by atoms with Crippen LogP contribution < -0.4 is 4.72 Å². The first-order chi connectivity index (χ1) is 14.6. The van der Waals surface area contributed by atoms with Crippen LogP contribution in [0.1, 0.15) is 103 Å². The van der Waals surface area contributed by atoms with Crippen molar-refractivity contribution in [1.29, 1.82) is 0 Å². The van der Waals surface area contributed by atoms with E-state index in [1.165, 1.54) is 89.9 Å². The van der Waals surface area contributed by atoms with E-state index in [4.69, 9.17) is 16.3 Å². The Kier molecular flexibility index (Phi) is 23.1. The highest BCUT2D eigenvalue weighted by molar-refractivity contribution is 7.99. The van der Waals surface area contributed by atoms with Crippen molar-refractivity contribution >= 4 is 33.4 Å². The van der Waals surface area contributed by atoms with Crippen molar-refractivity contribution < 1.29 is 13.2 Å². The first-order valence-electron chi connectivity index (χ1n) is 12.2. The van der Waals surface area contributed by atoms with E-state index in [1.54, 1.807) is 7.11 Å². The predicted octanol–water partition coefficient (Wildman–Crippen LogP) is 6.76. The van der Waals surface area contributed by atoms with Gasteiger partial charge in [-0.05, 0) is 18.6 Å². The van der Waals surface area contributed by atoms with Gasteiger partial charge in [-0.1, -0.05) is 90.4 Å². The number of ether oxygens (including phenoxy) is 1. The fourth-order valence-corrected chi connectivity index (χ4v) is 5.85. The summed E-state index contributed by atoms with van der Waals surface area (Å²) in [6.45, 7) is 2.62. The summed E-state index contributed by atoms with van der Waals surface area (Å²) in [6.07, 6.45) is 19.7. The molecule has 0 heterocycles. The molecule has 0 fully saturated rings. The van der Waals surface area contributed by atoms with Gasteiger partial charge in [-0.3, -0.25) is 0 Å². The minimum absolute atomic E-state index is 0.0765. The second-order valence-corrected chi connectivity index (χ2v) is 11.7. The van der Waals surface area contributed by atoms with E-state index in [-0.39, 0.29) is 11.9 Å². The van der Waals surface area contributed by atoms with Crippen LogP contribution in [0.15, 0.2) is 0 Å². The zero-order chi connectivity index (χ0) is 22.3. The van der Waals surface area contributed by atoms with E-state index in [0.717, 1.165) is 11.5 Å². The van der Waals surface area contributed by atoms with Crippen LogP contribution in [-0.2, 0) is 14.8 Å². The Labute approximate surface area is 197 Å². The van der Waals surface area contributed by atoms with E-state index in [0.29, 0.717) is 18.8 Å². The van der Waals surface area contributed by atoms with Gasteiger partial charge in [0.1, 0.15) is 0 Å². The first kappa shape index (κ1) is 30.5. The Morgan fingerprint density at radius 3 is 1.80 bits per heavy atom. The summed E-state index contributed by atoms with van der Waals surface area (Å²) in [4.78, 5) is 0. The molecule has 7 heteroatoms. The van der Waals surface area contributed by atoms with Crippen molar-refractivity contribution in [2.24, 2.45) is 0 Å². The molecule has 0 rings (SSSR count). The van der Waals surface area contributed by atoms with Crippen molar-refractivity contribution in [3.05, 3.63) is 0 Å². The van der Waals surface area contributed by atoms with Crippen molar-refractivity contribution in [3.63, 3.8) is 0 Å². The molecule has 0 bridgehead atoms. The molecule has 0 radical (unpaired) electrons. The maximum absolute atomic E-state index is 11.8. The summed E-state index contributed by atoms with van der Waals surface area (Å²) in [7, 11) is -1.59. The summed E-state index contributed by atoms with van der Waals surface area (Å²) in [6, 6.07) is 0. The Morgan fingerprint density at radius 2 is 1.33 bits per heavy atom. The molecule has 1 N–H and O–H groups in total. The number of unbranched alkanes of at least 4 members (excludes halogenated alkanes) is 13. The first-order valence-corrected chi connectivity index (χ1v) is 15.5.